The molecule has 1 heterocycles. The maximum atomic E-state index is 14.7. The van der Waals surface area contributed by atoms with Gasteiger partial charge in [0, 0.05) is 13.1 Å². The molecule has 0 aliphatic carbocycles. The van der Waals surface area contributed by atoms with Crippen molar-refractivity contribution in [3.63, 3.8) is 0 Å². The molecule has 28 heavy (non-hydrogen) atoms. The van der Waals surface area contributed by atoms with Gasteiger partial charge < -0.3 is 5.32 Å². The van der Waals surface area contributed by atoms with Gasteiger partial charge in [-0.15, -0.1) is 0 Å². The largest absolute Gasteiger partial charge is 0.320 e. The summed E-state index contributed by atoms with van der Waals surface area (Å²) in [6.45, 7) is 10.3. The predicted molar refractivity (Wildman–Crippen MR) is 108 cm³/mol. The van der Waals surface area contributed by atoms with Gasteiger partial charge in [0.2, 0.25) is 0 Å². The Morgan fingerprint density at radius 2 is 1.93 bits per heavy atom. The second kappa shape index (κ2) is 8.27. The van der Waals surface area contributed by atoms with Crippen LogP contribution in [0.2, 0.25) is 0 Å². The molecule has 6 nitrogen and oxygen atoms in total. The van der Waals surface area contributed by atoms with Gasteiger partial charge in [-0.25, -0.2) is 13.5 Å². The molecule has 1 aliphatic rings. The first kappa shape index (κ1) is 20.3. The minimum absolute atomic E-state index is 0.0117. The summed E-state index contributed by atoms with van der Waals surface area (Å²) < 4.78 is 43.8. The van der Waals surface area contributed by atoms with Crippen molar-refractivity contribution in [1.29, 1.82) is 0 Å². The molecule has 2 aromatic carbocycles. The van der Waals surface area contributed by atoms with Gasteiger partial charge in [0.25, 0.3) is 0 Å². The Balaban J connectivity index is 2.08. The molecule has 8 heteroatoms. The number of hydrogen-bond acceptors (Lipinski definition) is 3. The summed E-state index contributed by atoms with van der Waals surface area (Å²) in [4.78, 5) is 3.43. The molecule has 0 spiro atoms. The number of anilines is 2. The lowest BCUT2D eigenvalue weighted by molar-refractivity contribution is 0.388. The van der Waals surface area contributed by atoms with Crippen molar-refractivity contribution in [3.8, 4) is 0 Å². The van der Waals surface area contributed by atoms with Gasteiger partial charge in [0.15, 0.2) is 5.69 Å². The zero-order valence-electron chi connectivity index (χ0n) is 15.9. The van der Waals surface area contributed by atoms with E-state index < -0.39 is 16.0 Å². The van der Waals surface area contributed by atoms with Crippen LogP contribution < -0.4 is 9.62 Å². The van der Waals surface area contributed by atoms with E-state index in [0.29, 0.717) is 35.5 Å². The summed E-state index contributed by atoms with van der Waals surface area (Å²) in [5, 5.41) is 3.04. The van der Waals surface area contributed by atoms with Gasteiger partial charge in [-0.1, -0.05) is 12.1 Å². The highest BCUT2D eigenvalue weighted by molar-refractivity contribution is 7.90. The fourth-order valence-corrected chi connectivity index (χ4v) is 5.01. The van der Waals surface area contributed by atoms with Crippen molar-refractivity contribution in [2.75, 3.05) is 24.4 Å². The van der Waals surface area contributed by atoms with E-state index in [1.165, 1.54) is 16.4 Å². The van der Waals surface area contributed by atoms with Crippen LogP contribution >= 0.6 is 0 Å². The second-order valence-electron chi connectivity index (χ2n) is 6.80. The number of unbranched alkanes of at least 4 members (excludes halogenated alkanes) is 1. The highest BCUT2D eigenvalue weighted by Gasteiger charge is 2.38. The molecule has 0 radical (unpaired) electrons. The first-order valence-corrected chi connectivity index (χ1v) is 10.5. The van der Waals surface area contributed by atoms with E-state index in [-0.39, 0.29) is 12.2 Å². The van der Waals surface area contributed by atoms with Crippen LogP contribution in [-0.2, 0) is 16.8 Å². The van der Waals surface area contributed by atoms with Crippen molar-refractivity contribution in [2.24, 2.45) is 0 Å². The molecule has 3 rings (SSSR count). The van der Waals surface area contributed by atoms with Gasteiger partial charge in [-0.3, -0.25) is 0 Å². The Bertz CT molecular complexity index is 1020. The quantitative estimate of drug-likeness (QED) is 0.589. The van der Waals surface area contributed by atoms with Crippen LogP contribution in [0.4, 0.5) is 21.5 Å². The Morgan fingerprint density at radius 1 is 1.18 bits per heavy atom. The van der Waals surface area contributed by atoms with Crippen LogP contribution in [0.1, 0.15) is 24.0 Å². The minimum Gasteiger partial charge on any atom is -0.320 e. The molecular formula is C20H23FN4O2S. The van der Waals surface area contributed by atoms with Gasteiger partial charge in [-0.05, 0) is 68.8 Å². The zero-order valence-corrected chi connectivity index (χ0v) is 16.8. The molecule has 148 valence electrons. The van der Waals surface area contributed by atoms with Crippen LogP contribution in [0.25, 0.3) is 4.85 Å². The van der Waals surface area contributed by atoms with E-state index in [1.807, 2.05) is 7.05 Å². The van der Waals surface area contributed by atoms with Crippen LogP contribution in [0, 0.1) is 19.3 Å². The third-order valence-electron chi connectivity index (χ3n) is 4.72. The molecule has 0 fully saturated rings. The number of aryl methyl sites for hydroxylation is 1. The third kappa shape index (κ3) is 3.87. The molecule has 0 bridgehead atoms. The molecule has 0 aromatic heterocycles. The highest BCUT2D eigenvalue weighted by atomic mass is 32.2. The van der Waals surface area contributed by atoms with Gasteiger partial charge >= 0.3 is 10.2 Å². The maximum Gasteiger partial charge on any atom is 0.308 e. The average molecular weight is 402 g/mol. The van der Waals surface area contributed by atoms with Gasteiger partial charge in [0.1, 0.15) is 5.82 Å². The first-order valence-electron chi connectivity index (χ1n) is 9.10. The van der Waals surface area contributed by atoms with Crippen LogP contribution in [-0.4, -0.2) is 32.9 Å². The first-order chi connectivity index (χ1) is 13.4. The molecule has 2 aromatic rings. The highest BCUT2D eigenvalue weighted by Crippen LogP contribution is 2.41. The molecule has 0 amide bonds. The summed E-state index contributed by atoms with van der Waals surface area (Å²) in [6, 6.07) is 9.31. The van der Waals surface area contributed by atoms with Crippen molar-refractivity contribution in [3.05, 3.63) is 64.8 Å². The monoisotopic (exact) mass is 402 g/mol. The molecule has 0 atom stereocenters. The Labute approximate surface area is 165 Å². The van der Waals surface area contributed by atoms with E-state index >= 15 is 0 Å². The van der Waals surface area contributed by atoms with Crippen LogP contribution in [0.3, 0.4) is 0 Å². The second-order valence-corrected chi connectivity index (χ2v) is 8.57. The maximum absolute atomic E-state index is 14.7. The predicted octanol–water partition coefficient (Wildman–Crippen LogP) is 3.88. The lowest BCUT2D eigenvalue weighted by Crippen LogP contribution is -2.46. The summed E-state index contributed by atoms with van der Waals surface area (Å²) in [5.74, 6) is -0.596. The molecule has 1 aliphatic heterocycles. The lowest BCUT2D eigenvalue weighted by atomic mass is 10.1. The van der Waals surface area contributed by atoms with Crippen molar-refractivity contribution < 1.29 is 12.8 Å². The Hall–Kier alpha value is -2.47. The number of rotatable bonds is 6. The van der Waals surface area contributed by atoms with Crippen molar-refractivity contribution in [1.82, 2.24) is 9.62 Å². The normalized spacial score (nSPS) is 15.9. The third-order valence-corrected chi connectivity index (χ3v) is 6.54. The standard InChI is InChI=1S/C20H23FN4O2S/c1-15-6-8-20(18(21)12-15)25-19-9-7-17(23-3)13-16(19)14-24(28(25,26)27)11-5-4-10-22-2/h6-9,12-13,22H,4-5,10-11,14H2,1-2H3. The van der Waals surface area contributed by atoms with Crippen LogP contribution in [0.15, 0.2) is 36.4 Å². The van der Waals surface area contributed by atoms with Crippen molar-refractivity contribution >= 4 is 27.3 Å². The number of benzene rings is 2. The minimum atomic E-state index is -3.94. The van der Waals surface area contributed by atoms with Crippen LogP contribution in [0.5, 0.6) is 0 Å². The SMILES string of the molecule is [C-]#[N+]c1ccc2c(c1)CN(CCCCNC)S(=O)(=O)N2c1ccc(C)cc1F. The van der Waals surface area contributed by atoms with E-state index in [1.54, 1.807) is 31.2 Å². The van der Waals surface area contributed by atoms with Gasteiger partial charge in [-0.2, -0.15) is 12.7 Å². The number of halogens is 1. The van der Waals surface area contributed by atoms with E-state index in [0.717, 1.165) is 17.3 Å². The molecule has 0 saturated heterocycles. The molecule has 1 N–H and O–H groups in total. The lowest BCUT2D eigenvalue weighted by Gasteiger charge is -2.37. The number of hydrogen-bond donors (Lipinski definition) is 1. The Kier molecular flexibility index (Phi) is 5.98. The molecule has 0 saturated carbocycles. The van der Waals surface area contributed by atoms with Gasteiger partial charge in [0.05, 0.1) is 17.9 Å². The molecular weight excluding hydrogens is 379 g/mol. The summed E-state index contributed by atoms with van der Waals surface area (Å²) in [6.07, 6.45) is 1.51. The van der Waals surface area contributed by atoms with E-state index in [4.69, 9.17) is 6.57 Å². The fraction of sp³-hybridized carbons (Fsp3) is 0.350. The van der Waals surface area contributed by atoms with Crippen molar-refractivity contribution in [2.45, 2.75) is 26.3 Å². The average Bonchev–Trinajstić information content (AvgIpc) is 2.66. The fourth-order valence-electron chi connectivity index (χ4n) is 3.29. The number of fused-ring (bicyclic) bond motifs is 1. The Morgan fingerprint density at radius 3 is 2.61 bits per heavy atom. The topological polar surface area (TPSA) is 57.0 Å². The van der Waals surface area contributed by atoms with E-state index in [9.17, 15) is 12.8 Å². The number of nitrogens with zero attached hydrogens (tertiary/aromatic N) is 3. The summed E-state index contributed by atoms with van der Waals surface area (Å²) in [7, 11) is -2.10. The smallest absolute Gasteiger partial charge is 0.308 e. The molecule has 0 unspecified atom stereocenters. The number of nitrogens with one attached hydrogen (secondary N) is 1. The van der Waals surface area contributed by atoms with E-state index in [2.05, 4.69) is 10.2 Å². The summed E-state index contributed by atoms with van der Waals surface area (Å²) >= 11 is 0. The summed E-state index contributed by atoms with van der Waals surface area (Å²) in [5.41, 5.74) is 2.21. The zero-order chi connectivity index (χ0) is 20.3.